The summed E-state index contributed by atoms with van der Waals surface area (Å²) in [4.78, 5) is 5.17. The molecule has 306 valence electrons. The highest BCUT2D eigenvalue weighted by molar-refractivity contribution is 7.00. The molecule has 2 nitrogen and oxygen atoms in total. The Balaban J connectivity index is 1.40. The zero-order chi connectivity index (χ0) is 43.2. The Hall–Kier alpha value is -5.80. The maximum absolute atomic E-state index is 2.59. The van der Waals surface area contributed by atoms with Crippen molar-refractivity contribution in [1.82, 2.24) is 0 Å². The lowest BCUT2D eigenvalue weighted by molar-refractivity contribution is 0.590. The van der Waals surface area contributed by atoms with Gasteiger partial charge in [-0.25, -0.2) is 0 Å². The molecule has 7 aromatic rings. The largest absolute Gasteiger partial charge is 0.311 e. The Bertz CT molecular complexity index is 2600. The van der Waals surface area contributed by atoms with E-state index in [0.29, 0.717) is 0 Å². The van der Waals surface area contributed by atoms with Crippen LogP contribution in [0, 0.1) is 0 Å². The maximum atomic E-state index is 2.59. The average molecular weight is 797 g/mol. The summed E-state index contributed by atoms with van der Waals surface area (Å²) < 4.78 is 0. The van der Waals surface area contributed by atoms with Crippen molar-refractivity contribution in [2.45, 2.75) is 105 Å². The fourth-order valence-electron chi connectivity index (χ4n) is 9.49. The summed E-state index contributed by atoms with van der Waals surface area (Å²) in [6, 6.07) is 58.0. The molecular formula is C58H61BN2. The lowest BCUT2D eigenvalue weighted by Crippen LogP contribution is -2.61. The lowest BCUT2D eigenvalue weighted by atomic mass is 9.33. The van der Waals surface area contributed by atoms with Crippen LogP contribution in [0.4, 0.5) is 34.1 Å². The van der Waals surface area contributed by atoms with Crippen LogP contribution in [0.5, 0.6) is 0 Å². The first kappa shape index (κ1) is 40.6. The number of hydrogen-bond acceptors (Lipinski definition) is 2. The standard InChI is InChI=1S/C58H61BN2/c1-55(2,3)40-26-30-48(44(34-40)38-20-15-13-16-21-38)60-50-32-28-42(57(7,8)9)36-46(50)59-47-37-43(58(10,11)12)29-33-51(47)61(53-25-19-24-52(60)54(53)59)49-31-27-41(56(4,5)6)35-45(49)39-22-17-14-18-23-39/h13-37H,1-12H3. The van der Waals surface area contributed by atoms with E-state index in [4.69, 9.17) is 0 Å². The molecule has 0 saturated heterocycles. The predicted octanol–water partition coefficient (Wildman–Crippen LogP) is 14.3. The van der Waals surface area contributed by atoms with Gasteiger partial charge in [-0.2, -0.15) is 0 Å². The van der Waals surface area contributed by atoms with Crippen LogP contribution in [0.3, 0.4) is 0 Å². The molecule has 0 aliphatic carbocycles. The summed E-state index contributed by atoms with van der Waals surface area (Å²) in [6.07, 6.45) is 0. The van der Waals surface area contributed by atoms with Crippen molar-refractivity contribution in [3.05, 3.63) is 174 Å². The molecule has 2 aliphatic heterocycles. The molecule has 61 heavy (non-hydrogen) atoms. The Morgan fingerprint density at radius 1 is 0.311 bits per heavy atom. The zero-order valence-corrected chi connectivity index (χ0v) is 38.4. The van der Waals surface area contributed by atoms with Gasteiger partial charge in [0.05, 0.1) is 11.4 Å². The van der Waals surface area contributed by atoms with Crippen molar-refractivity contribution in [2.24, 2.45) is 0 Å². The zero-order valence-electron chi connectivity index (χ0n) is 38.4. The third-order valence-corrected chi connectivity index (χ3v) is 13.1. The van der Waals surface area contributed by atoms with Gasteiger partial charge in [0, 0.05) is 33.9 Å². The molecule has 3 heteroatoms. The molecule has 0 atom stereocenters. The van der Waals surface area contributed by atoms with Crippen LogP contribution in [-0.2, 0) is 21.7 Å². The van der Waals surface area contributed by atoms with Crippen molar-refractivity contribution in [3.63, 3.8) is 0 Å². The van der Waals surface area contributed by atoms with E-state index in [1.54, 1.807) is 0 Å². The van der Waals surface area contributed by atoms with Crippen molar-refractivity contribution in [1.29, 1.82) is 0 Å². The van der Waals surface area contributed by atoms with Gasteiger partial charge >= 0.3 is 0 Å². The molecule has 7 aromatic carbocycles. The predicted molar refractivity (Wildman–Crippen MR) is 266 cm³/mol. The fourth-order valence-corrected chi connectivity index (χ4v) is 9.49. The van der Waals surface area contributed by atoms with Crippen LogP contribution in [0.25, 0.3) is 22.3 Å². The molecule has 2 aliphatic rings. The van der Waals surface area contributed by atoms with Gasteiger partial charge in [0.15, 0.2) is 0 Å². The summed E-state index contributed by atoms with van der Waals surface area (Å²) in [5.41, 5.74) is 21.5. The third kappa shape index (κ3) is 7.10. The first-order chi connectivity index (χ1) is 28.8. The SMILES string of the molecule is CC(C)(C)c1ccc2c(c1)B1c3cc(C(C)(C)C)ccc3N(c3ccc(C(C)(C)C)cc3-c3ccccc3)c3cccc(c31)N2c1ccc(C(C)(C)C)cc1-c1ccccc1. The highest BCUT2D eigenvalue weighted by Gasteiger charge is 2.45. The van der Waals surface area contributed by atoms with Crippen LogP contribution in [0.15, 0.2) is 152 Å². The second-order valence-electron chi connectivity index (χ2n) is 21.6. The molecule has 0 N–H and O–H groups in total. The molecule has 0 bridgehead atoms. The average Bonchev–Trinajstić information content (AvgIpc) is 3.22. The molecule has 0 saturated carbocycles. The van der Waals surface area contributed by atoms with E-state index in [9.17, 15) is 0 Å². The first-order valence-corrected chi connectivity index (χ1v) is 22.2. The van der Waals surface area contributed by atoms with Crippen molar-refractivity contribution < 1.29 is 0 Å². The number of benzene rings is 7. The molecule has 9 rings (SSSR count). The minimum Gasteiger partial charge on any atom is -0.311 e. The molecular weight excluding hydrogens is 735 g/mol. The normalized spacial score (nSPS) is 13.8. The van der Waals surface area contributed by atoms with Gasteiger partial charge in [0.25, 0.3) is 6.71 Å². The van der Waals surface area contributed by atoms with E-state index in [-0.39, 0.29) is 28.4 Å². The molecule has 0 unspecified atom stereocenters. The van der Waals surface area contributed by atoms with Crippen LogP contribution < -0.4 is 26.2 Å². The van der Waals surface area contributed by atoms with Gasteiger partial charge in [0.1, 0.15) is 0 Å². The highest BCUT2D eigenvalue weighted by atomic mass is 15.2. The van der Waals surface area contributed by atoms with Gasteiger partial charge < -0.3 is 9.80 Å². The topological polar surface area (TPSA) is 6.48 Å². The van der Waals surface area contributed by atoms with Gasteiger partial charge in [-0.1, -0.05) is 186 Å². The van der Waals surface area contributed by atoms with Crippen LogP contribution >= 0.6 is 0 Å². The second-order valence-corrected chi connectivity index (χ2v) is 21.6. The van der Waals surface area contributed by atoms with Gasteiger partial charge in [-0.3, -0.25) is 0 Å². The van der Waals surface area contributed by atoms with Crippen molar-refractivity contribution in [3.8, 4) is 22.3 Å². The van der Waals surface area contributed by atoms with E-state index >= 15 is 0 Å². The van der Waals surface area contributed by atoms with E-state index in [2.05, 4.69) is 245 Å². The van der Waals surface area contributed by atoms with E-state index < -0.39 is 0 Å². The van der Waals surface area contributed by atoms with Gasteiger partial charge in [-0.15, -0.1) is 0 Å². The summed E-state index contributed by atoms with van der Waals surface area (Å²) in [6.45, 7) is 28.0. The number of rotatable bonds is 4. The summed E-state index contributed by atoms with van der Waals surface area (Å²) >= 11 is 0. The Labute approximate surface area is 366 Å². The minimum absolute atomic E-state index is 0.00550. The lowest BCUT2D eigenvalue weighted by Gasteiger charge is -2.45. The Kier molecular flexibility index (Phi) is 9.59. The van der Waals surface area contributed by atoms with E-state index in [1.165, 1.54) is 95.0 Å². The summed E-state index contributed by atoms with van der Waals surface area (Å²) in [5.74, 6) is 0. The number of hydrogen-bond donors (Lipinski definition) is 0. The Morgan fingerprint density at radius 2 is 0.639 bits per heavy atom. The third-order valence-electron chi connectivity index (χ3n) is 13.1. The van der Waals surface area contributed by atoms with Crippen LogP contribution in [-0.4, -0.2) is 6.71 Å². The molecule has 0 spiro atoms. The number of fused-ring (bicyclic) bond motifs is 4. The van der Waals surface area contributed by atoms with Crippen LogP contribution in [0.2, 0.25) is 0 Å². The monoisotopic (exact) mass is 796 g/mol. The Morgan fingerprint density at radius 3 is 0.984 bits per heavy atom. The first-order valence-electron chi connectivity index (χ1n) is 22.2. The minimum atomic E-state index is -0.0284. The molecule has 0 aromatic heterocycles. The maximum Gasteiger partial charge on any atom is 0.252 e. The van der Waals surface area contributed by atoms with E-state index in [0.717, 1.165) is 0 Å². The van der Waals surface area contributed by atoms with E-state index in [1.807, 2.05) is 0 Å². The summed E-state index contributed by atoms with van der Waals surface area (Å²) in [5, 5.41) is 0. The van der Waals surface area contributed by atoms with Crippen molar-refractivity contribution >= 4 is 57.2 Å². The van der Waals surface area contributed by atoms with Crippen LogP contribution in [0.1, 0.15) is 105 Å². The van der Waals surface area contributed by atoms with Crippen molar-refractivity contribution in [2.75, 3.05) is 9.80 Å². The summed E-state index contributed by atoms with van der Waals surface area (Å²) in [7, 11) is 0. The number of anilines is 6. The molecule has 2 heterocycles. The molecule has 0 fully saturated rings. The van der Waals surface area contributed by atoms with Gasteiger partial charge in [-0.05, 0) is 120 Å². The second kappa shape index (κ2) is 14.4. The van der Waals surface area contributed by atoms with Gasteiger partial charge in [0.2, 0.25) is 0 Å². The smallest absolute Gasteiger partial charge is 0.252 e. The quantitative estimate of drug-likeness (QED) is 0.164. The highest BCUT2D eigenvalue weighted by Crippen LogP contribution is 2.49. The molecule has 0 radical (unpaired) electrons. The fraction of sp³-hybridized carbons (Fsp3) is 0.276. The number of nitrogens with zero attached hydrogens (tertiary/aromatic N) is 2. The molecule has 0 amide bonds.